The molecule has 1 aromatic heterocycles. The molecule has 0 aliphatic carbocycles. The molecule has 100 valence electrons. The highest BCUT2D eigenvalue weighted by atomic mass is 16.2. The van der Waals surface area contributed by atoms with Crippen LogP contribution in [0, 0.1) is 19.8 Å². The number of carbonyl (C=O) groups is 2. The zero-order chi connectivity index (χ0) is 13.9. The molecule has 0 saturated carbocycles. The monoisotopic (exact) mass is 252 g/mol. The van der Waals surface area contributed by atoms with Crippen LogP contribution < -0.4 is 10.9 Å². The van der Waals surface area contributed by atoms with E-state index in [0.717, 1.165) is 17.0 Å². The van der Waals surface area contributed by atoms with Gasteiger partial charge in [0, 0.05) is 24.2 Å². The molecule has 2 amide bonds. The summed E-state index contributed by atoms with van der Waals surface area (Å²) in [7, 11) is 1.84. The van der Waals surface area contributed by atoms with E-state index in [1.54, 1.807) is 18.5 Å². The Labute approximate surface area is 107 Å². The summed E-state index contributed by atoms with van der Waals surface area (Å²) in [6.07, 6.45) is 0.212. The van der Waals surface area contributed by atoms with Crippen molar-refractivity contribution in [2.75, 3.05) is 0 Å². The maximum atomic E-state index is 11.7. The van der Waals surface area contributed by atoms with Gasteiger partial charge in [-0.15, -0.1) is 0 Å². The highest BCUT2D eigenvalue weighted by Gasteiger charge is 2.14. The Morgan fingerprint density at radius 2 is 1.89 bits per heavy atom. The molecule has 6 heteroatoms. The molecule has 6 nitrogen and oxygen atoms in total. The van der Waals surface area contributed by atoms with E-state index in [0.29, 0.717) is 0 Å². The van der Waals surface area contributed by atoms with Crippen molar-refractivity contribution in [2.24, 2.45) is 13.0 Å². The minimum atomic E-state index is -0.247. The lowest BCUT2D eigenvalue weighted by Crippen LogP contribution is -2.44. The molecule has 0 aliphatic rings. The lowest BCUT2D eigenvalue weighted by Gasteiger charge is -2.09. The fourth-order valence-corrected chi connectivity index (χ4v) is 1.55. The number of aromatic nitrogens is 2. The normalized spacial score (nSPS) is 10.6. The number of hydrogen-bond donors (Lipinski definition) is 2. The van der Waals surface area contributed by atoms with E-state index in [1.807, 2.05) is 20.9 Å². The van der Waals surface area contributed by atoms with Gasteiger partial charge >= 0.3 is 0 Å². The summed E-state index contributed by atoms with van der Waals surface area (Å²) >= 11 is 0. The molecule has 1 rings (SSSR count). The summed E-state index contributed by atoms with van der Waals surface area (Å²) in [6, 6.07) is 0. The summed E-state index contributed by atoms with van der Waals surface area (Å²) in [5.41, 5.74) is 7.47. The van der Waals surface area contributed by atoms with Gasteiger partial charge in [-0.2, -0.15) is 5.10 Å². The van der Waals surface area contributed by atoms with Crippen molar-refractivity contribution in [2.45, 2.75) is 34.1 Å². The minimum absolute atomic E-state index is 0.160. The number of amides is 2. The van der Waals surface area contributed by atoms with Crippen LogP contribution in [-0.4, -0.2) is 21.6 Å². The van der Waals surface area contributed by atoms with E-state index < -0.39 is 0 Å². The molecular formula is C12H20N4O2. The number of hydrazine groups is 1. The summed E-state index contributed by atoms with van der Waals surface area (Å²) in [6.45, 7) is 7.30. The Bertz CT molecular complexity index is 463. The Morgan fingerprint density at radius 3 is 2.33 bits per heavy atom. The van der Waals surface area contributed by atoms with Gasteiger partial charge in [0.1, 0.15) is 0 Å². The summed E-state index contributed by atoms with van der Waals surface area (Å²) < 4.78 is 1.74. The molecule has 1 aromatic rings. The van der Waals surface area contributed by atoms with Crippen LogP contribution in [0.4, 0.5) is 0 Å². The molecule has 0 unspecified atom stereocenters. The Balaban J connectivity index is 2.58. The molecule has 0 aromatic carbocycles. The number of rotatable bonds is 3. The van der Waals surface area contributed by atoms with E-state index in [4.69, 9.17) is 0 Å². The molecule has 0 spiro atoms. The topological polar surface area (TPSA) is 76.0 Å². The first kappa shape index (κ1) is 14.2. The van der Waals surface area contributed by atoms with Gasteiger partial charge in [-0.1, -0.05) is 13.8 Å². The molecule has 0 radical (unpaired) electrons. The highest BCUT2D eigenvalue weighted by molar-refractivity contribution is 5.84. The van der Waals surface area contributed by atoms with Crippen LogP contribution in [0.2, 0.25) is 0 Å². The first-order valence-corrected chi connectivity index (χ1v) is 5.90. The first-order valence-electron chi connectivity index (χ1n) is 5.90. The van der Waals surface area contributed by atoms with Crippen molar-refractivity contribution in [1.82, 2.24) is 20.6 Å². The summed E-state index contributed by atoms with van der Waals surface area (Å²) in [4.78, 5) is 23.0. The van der Waals surface area contributed by atoms with E-state index >= 15 is 0 Å². The smallest absolute Gasteiger partial charge is 0.242 e. The summed E-state index contributed by atoms with van der Waals surface area (Å²) in [5, 5.41) is 4.24. The van der Waals surface area contributed by atoms with Gasteiger partial charge in [-0.25, -0.2) is 0 Å². The van der Waals surface area contributed by atoms with Gasteiger partial charge < -0.3 is 0 Å². The quantitative estimate of drug-likeness (QED) is 0.764. The number of carbonyl (C=O) groups excluding carboxylic acids is 2. The Kier molecular flexibility index (Phi) is 4.47. The number of hydrogen-bond acceptors (Lipinski definition) is 3. The molecular weight excluding hydrogens is 232 g/mol. The first-order chi connectivity index (χ1) is 8.32. The van der Waals surface area contributed by atoms with Crippen molar-refractivity contribution >= 4 is 11.8 Å². The molecule has 1 heterocycles. The maximum absolute atomic E-state index is 11.7. The van der Waals surface area contributed by atoms with E-state index in [-0.39, 0.29) is 24.2 Å². The standard InChI is InChI=1S/C12H20N4O2/c1-7(2)12(18)14-13-11(17)6-10-8(3)15-16(5)9(10)4/h7H,6H2,1-5H3,(H,13,17)(H,14,18). The van der Waals surface area contributed by atoms with Crippen LogP contribution >= 0.6 is 0 Å². The highest BCUT2D eigenvalue weighted by Crippen LogP contribution is 2.12. The molecule has 0 saturated heterocycles. The van der Waals surface area contributed by atoms with Gasteiger partial charge in [-0.05, 0) is 13.8 Å². The van der Waals surface area contributed by atoms with E-state index in [1.165, 1.54) is 0 Å². The van der Waals surface area contributed by atoms with Crippen LogP contribution in [0.25, 0.3) is 0 Å². The van der Waals surface area contributed by atoms with Gasteiger partial charge in [0.25, 0.3) is 0 Å². The number of nitrogens with one attached hydrogen (secondary N) is 2. The van der Waals surface area contributed by atoms with Gasteiger partial charge in [0.15, 0.2) is 0 Å². The third-order valence-electron chi connectivity index (χ3n) is 2.85. The largest absolute Gasteiger partial charge is 0.273 e. The van der Waals surface area contributed by atoms with E-state index in [9.17, 15) is 9.59 Å². The second-order valence-electron chi connectivity index (χ2n) is 4.64. The van der Waals surface area contributed by atoms with Crippen LogP contribution in [0.3, 0.4) is 0 Å². The van der Waals surface area contributed by atoms with Crippen LogP contribution in [0.15, 0.2) is 0 Å². The lowest BCUT2D eigenvalue weighted by atomic mass is 10.1. The number of nitrogens with zero attached hydrogens (tertiary/aromatic N) is 2. The third kappa shape index (κ3) is 3.32. The van der Waals surface area contributed by atoms with E-state index in [2.05, 4.69) is 16.0 Å². The maximum Gasteiger partial charge on any atom is 0.242 e. The predicted octanol–water partition coefficient (Wildman–Crippen LogP) is 0.383. The molecule has 0 atom stereocenters. The average molecular weight is 252 g/mol. The van der Waals surface area contributed by atoms with Crippen molar-refractivity contribution in [1.29, 1.82) is 0 Å². The molecule has 18 heavy (non-hydrogen) atoms. The predicted molar refractivity (Wildman–Crippen MR) is 67.5 cm³/mol. The average Bonchev–Trinajstić information content (AvgIpc) is 2.52. The fraction of sp³-hybridized carbons (Fsp3) is 0.583. The van der Waals surface area contributed by atoms with Gasteiger partial charge in [0.2, 0.25) is 11.8 Å². The molecule has 0 fully saturated rings. The van der Waals surface area contributed by atoms with Crippen molar-refractivity contribution in [3.63, 3.8) is 0 Å². The SMILES string of the molecule is Cc1nn(C)c(C)c1CC(=O)NNC(=O)C(C)C. The second-order valence-corrected chi connectivity index (χ2v) is 4.64. The van der Waals surface area contributed by atoms with Crippen molar-refractivity contribution in [3.05, 3.63) is 17.0 Å². The molecule has 2 N–H and O–H groups in total. The minimum Gasteiger partial charge on any atom is -0.273 e. The third-order valence-corrected chi connectivity index (χ3v) is 2.85. The molecule has 0 aliphatic heterocycles. The lowest BCUT2D eigenvalue weighted by molar-refractivity contribution is -0.130. The molecule has 0 bridgehead atoms. The fourth-order valence-electron chi connectivity index (χ4n) is 1.55. The van der Waals surface area contributed by atoms with Gasteiger partial charge in [-0.3, -0.25) is 25.1 Å². The zero-order valence-electron chi connectivity index (χ0n) is 11.5. The van der Waals surface area contributed by atoms with Crippen LogP contribution in [-0.2, 0) is 23.1 Å². The van der Waals surface area contributed by atoms with Crippen molar-refractivity contribution < 1.29 is 9.59 Å². The van der Waals surface area contributed by atoms with Crippen molar-refractivity contribution in [3.8, 4) is 0 Å². The zero-order valence-corrected chi connectivity index (χ0v) is 11.5. The van der Waals surface area contributed by atoms with Crippen LogP contribution in [0.1, 0.15) is 30.8 Å². The van der Waals surface area contributed by atoms with Gasteiger partial charge in [0.05, 0.1) is 12.1 Å². The van der Waals surface area contributed by atoms with Crippen LogP contribution in [0.5, 0.6) is 0 Å². The Hall–Kier alpha value is -1.85. The second kappa shape index (κ2) is 5.66. The number of aryl methyl sites for hydroxylation is 2. The summed E-state index contributed by atoms with van der Waals surface area (Å²) in [5.74, 6) is -0.613. The Morgan fingerprint density at radius 1 is 1.28 bits per heavy atom.